The lowest BCUT2D eigenvalue weighted by Crippen LogP contribution is -2.44. The van der Waals surface area contributed by atoms with Crippen LogP contribution in [0.3, 0.4) is 0 Å². The van der Waals surface area contributed by atoms with Crippen LogP contribution < -0.4 is 9.55 Å². The number of benzene rings is 3. The first kappa shape index (κ1) is 24.2. The van der Waals surface area contributed by atoms with Gasteiger partial charge < -0.3 is 9.55 Å². The van der Waals surface area contributed by atoms with E-state index in [-0.39, 0.29) is 12.4 Å². The predicted octanol–water partition coefficient (Wildman–Crippen LogP) is 7.49. The Bertz CT molecular complexity index is 1870. The maximum atomic E-state index is 6.46. The molecule has 0 unspecified atom stereocenters. The number of hydrogen-bond acceptors (Lipinski definition) is 5. The van der Waals surface area contributed by atoms with Gasteiger partial charge in [0.25, 0.3) is 0 Å². The van der Waals surface area contributed by atoms with Crippen LogP contribution in [0.15, 0.2) is 104 Å². The van der Waals surface area contributed by atoms with Gasteiger partial charge in [0.2, 0.25) is 0 Å². The molecule has 0 saturated carbocycles. The second-order valence-corrected chi connectivity index (χ2v) is 11.2. The van der Waals surface area contributed by atoms with E-state index in [1.54, 1.807) is 0 Å². The van der Waals surface area contributed by atoms with Crippen molar-refractivity contribution in [1.29, 1.82) is 0 Å². The minimum atomic E-state index is -0.0617. The SMILES string of the molecule is CB1N(c2cc(C(C)(C)C)ccn2)c2cc(Oc3cccc(-n4cnc5ccccc54)c3)ccc2-c2ccnn21. The Morgan fingerprint density at radius 3 is 2.52 bits per heavy atom. The molecule has 40 heavy (non-hydrogen) atoms. The van der Waals surface area contributed by atoms with Crippen molar-refractivity contribution in [2.45, 2.75) is 33.0 Å². The van der Waals surface area contributed by atoms with Crippen molar-refractivity contribution < 1.29 is 4.74 Å². The molecular formula is C32H29BN6O. The highest BCUT2D eigenvalue weighted by molar-refractivity contribution is 6.63. The van der Waals surface area contributed by atoms with Gasteiger partial charge in [-0.2, -0.15) is 5.10 Å². The Labute approximate surface area is 233 Å². The predicted molar refractivity (Wildman–Crippen MR) is 161 cm³/mol. The summed E-state index contributed by atoms with van der Waals surface area (Å²) in [6.45, 7) is 8.75. The van der Waals surface area contributed by atoms with E-state index in [0.29, 0.717) is 0 Å². The van der Waals surface area contributed by atoms with E-state index in [1.807, 2.05) is 65.8 Å². The molecule has 1 aliphatic heterocycles. The number of fused-ring (bicyclic) bond motifs is 4. The van der Waals surface area contributed by atoms with Crippen LogP contribution in [0.5, 0.6) is 11.5 Å². The summed E-state index contributed by atoms with van der Waals surface area (Å²) in [7, 11) is 0. The van der Waals surface area contributed by atoms with E-state index in [2.05, 4.69) is 89.5 Å². The van der Waals surface area contributed by atoms with Gasteiger partial charge in [-0.25, -0.2) is 9.97 Å². The zero-order valence-electron chi connectivity index (χ0n) is 23.0. The number of imidazole rings is 1. The number of rotatable bonds is 4. The Morgan fingerprint density at radius 1 is 0.800 bits per heavy atom. The van der Waals surface area contributed by atoms with Gasteiger partial charge in [-0.3, -0.25) is 9.16 Å². The largest absolute Gasteiger partial charge is 0.457 e. The van der Waals surface area contributed by atoms with E-state index >= 15 is 0 Å². The Hall–Kier alpha value is -4.85. The molecule has 0 bridgehead atoms. The van der Waals surface area contributed by atoms with Crippen molar-refractivity contribution >= 4 is 29.5 Å². The third-order valence-electron chi connectivity index (χ3n) is 7.55. The molecule has 0 spiro atoms. The highest BCUT2D eigenvalue weighted by Crippen LogP contribution is 2.43. The van der Waals surface area contributed by atoms with Gasteiger partial charge in [-0.05, 0) is 72.4 Å². The molecule has 7 nitrogen and oxygen atoms in total. The fraction of sp³-hybridized carbons (Fsp3) is 0.156. The van der Waals surface area contributed by atoms with Crippen LogP contribution in [0.2, 0.25) is 6.82 Å². The van der Waals surface area contributed by atoms with Crippen LogP contribution in [0.1, 0.15) is 26.3 Å². The highest BCUT2D eigenvalue weighted by atomic mass is 16.5. The fourth-order valence-corrected chi connectivity index (χ4v) is 5.46. The monoisotopic (exact) mass is 524 g/mol. The number of nitrogens with zero attached hydrogens (tertiary/aromatic N) is 6. The van der Waals surface area contributed by atoms with Crippen LogP contribution in [0.25, 0.3) is 28.0 Å². The second-order valence-electron chi connectivity index (χ2n) is 11.2. The number of pyridine rings is 1. The van der Waals surface area contributed by atoms with Crippen LogP contribution in [0.4, 0.5) is 11.5 Å². The molecule has 0 saturated heterocycles. The summed E-state index contributed by atoms with van der Waals surface area (Å²) in [6.07, 6.45) is 5.60. The minimum absolute atomic E-state index is 0.00689. The average molecular weight is 524 g/mol. The summed E-state index contributed by atoms with van der Waals surface area (Å²) in [4.78, 5) is 11.6. The lowest BCUT2D eigenvalue weighted by atomic mass is 9.73. The molecule has 0 aliphatic carbocycles. The number of hydrogen-bond donors (Lipinski definition) is 0. The molecule has 7 rings (SSSR count). The molecule has 1 aliphatic rings. The van der Waals surface area contributed by atoms with Crippen molar-refractivity contribution in [2.24, 2.45) is 0 Å². The zero-order valence-corrected chi connectivity index (χ0v) is 23.0. The summed E-state index contributed by atoms with van der Waals surface area (Å²) in [6, 6.07) is 28.8. The summed E-state index contributed by atoms with van der Waals surface area (Å²) in [5.41, 5.74) is 7.44. The first-order valence-corrected chi connectivity index (χ1v) is 13.5. The minimum Gasteiger partial charge on any atom is -0.457 e. The smallest absolute Gasteiger partial charge is 0.401 e. The normalized spacial score (nSPS) is 12.9. The molecule has 196 valence electrons. The lowest BCUT2D eigenvalue weighted by molar-refractivity contribution is 0.482. The first-order chi connectivity index (χ1) is 19.4. The molecule has 3 aromatic carbocycles. The zero-order chi connectivity index (χ0) is 27.4. The van der Waals surface area contributed by atoms with Gasteiger partial charge in [-0.15, -0.1) is 0 Å². The molecule has 8 heteroatoms. The van der Waals surface area contributed by atoms with E-state index in [1.165, 1.54) is 5.56 Å². The van der Waals surface area contributed by atoms with Crippen LogP contribution >= 0.6 is 0 Å². The number of para-hydroxylation sites is 2. The summed E-state index contributed by atoms with van der Waals surface area (Å²) >= 11 is 0. The Kier molecular flexibility index (Phi) is 5.52. The lowest BCUT2D eigenvalue weighted by Gasteiger charge is -2.35. The molecule has 0 N–H and O–H groups in total. The Morgan fingerprint density at radius 2 is 1.65 bits per heavy atom. The molecular weight excluding hydrogens is 495 g/mol. The maximum absolute atomic E-state index is 6.46. The summed E-state index contributed by atoms with van der Waals surface area (Å²) in [5.74, 6) is 2.39. The standard InChI is InChI=1S/C32H29BN6O/c1-32(2,3)22-14-16-34-31(18-22)38-30-20-25(12-13-26(30)28-15-17-36-39(28)33(38)4)40-24-9-7-8-23(19-24)37-21-35-27-10-5-6-11-29(27)37/h5-21H,1-4H3. The van der Waals surface area contributed by atoms with Crippen LogP contribution in [-0.4, -0.2) is 31.2 Å². The van der Waals surface area contributed by atoms with Gasteiger partial charge in [-0.1, -0.05) is 39.0 Å². The molecule has 0 radical (unpaired) electrons. The quantitative estimate of drug-likeness (QED) is 0.224. The van der Waals surface area contributed by atoms with Gasteiger partial charge in [0.15, 0.2) is 0 Å². The van der Waals surface area contributed by atoms with Crippen molar-refractivity contribution in [3.63, 3.8) is 0 Å². The second kappa shape index (κ2) is 9.12. The van der Waals surface area contributed by atoms with Crippen LogP contribution in [0, 0.1) is 0 Å². The van der Waals surface area contributed by atoms with E-state index in [9.17, 15) is 0 Å². The van der Waals surface area contributed by atoms with Crippen molar-refractivity contribution in [3.05, 3.63) is 109 Å². The van der Waals surface area contributed by atoms with E-state index in [0.717, 1.165) is 51.0 Å². The third kappa shape index (κ3) is 4.04. The maximum Gasteiger partial charge on any atom is 0.401 e. The highest BCUT2D eigenvalue weighted by Gasteiger charge is 2.34. The van der Waals surface area contributed by atoms with Crippen molar-refractivity contribution in [1.82, 2.24) is 24.2 Å². The van der Waals surface area contributed by atoms with E-state index < -0.39 is 0 Å². The van der Waals surface area contributed by atoms with Gasteiger partial charge in [0.05, 0.1) is 22.4 Å². The summed E-state index contributed by atoms with van der Waals surface area (Å²) in [5, 5.41) is 4.64. The average Bonchev–Trinajstić information content (AvgIpc) is 3.61. The van der Waals surface area contributed by atoms with Crippen molar-refractivity contribution in [2.75, 3.05) is 4.81 Å². The topological polar surface area (TPSA) is 61.0 Å². The Balaban J connectivity index is 1.29. The van der Waals surface area contributed by atoms with Gasteiger partial charge in [0.1, 0.15) is 23.6 Å². The third-order valence-corrected chi connectivity index (χ3v) is 7.55. The number of anilines is 2. The molecule has 3 aromatic heterocycles. The molecule has 0 amide bonds. The molecule has 6 aromatic rings. The molecule has 4 heterocycles. The van der Waals surface area contributed by atoms with Crippen LogP contribution in [-0.2, 0) is 5.41 Å². The number of aromatic nitrogens is 5. The molecule has 0 fully saturated rings. The number of ether oxygens (including phenoxy) is 1. The summed E-state index contributed by atoms with van der Waals surface area (Å²) < 4.78 is 10.6. The first-order valence-electron chi connectivity index (χ1n) is 13.5. The van der Waals surface area contributed by atoms with Gasteiger partial charge >= 0.3 is 6.98 Å². The van der Waals surface area contributed by atoms with Gasteiger partial charge in [0, 0.05) is 35.8 Å². The molecule has 0 atom stereocenters. The van der Waals surface area contributed by atoms with E-state index in [4.69, 9.17) is 9.72 Å². The fourth-order valence-electron chi connectivity index (χ4n) is 5.46. The van der Waals surface area contributed by atoms with Crippen molar-refractivity contribution in [3.8, 4) is 28.4 Å².